The fraction of sp³-hybridized carbons (Fsp3) is 0.158. The van der Waals surface area contributed by atoms with Crippen molar-refractivity contribution in [1.29, 1.82) is 0 Å². The summed E-state index contributed by atoms with van der Waals surface area (Å²) >= 11 is 1.39. The molecule has 1 aromatic heterocycles. The van der Waals surface area contributed by atoms with E-state index in [-0.39, 0.29) is 5.82 Å². The molecule has 0 fully saturated rings. The van der Waals surface area contributed by atoms with E-state index in [9.17, 15) is 4.39 Å². The third-order valence-corrected chi connectivity index (χ3v) is 4.23. The van der Waals surface area contributed by atoms with Gasteiger partial charge in [-0.2, -0.15) is 4.98 Å². The summed E-state index contributed by atoms with van der Waals surface area (Å²) in [6.07, 6.45) is 0. The van der Waals surface area contributed by atoms with Crippen molar-refractivity contribution in [3.63, 3.8) is 0 Å². The predicted molar refractivity (Wildman–Crippen MR) is 94.0 cm³/mol. The van der Waals surface area contributed by atoms with Gasteiger partial charge in [0.25, 0.3) is 0 Å². The maximum atomic E-state index is 13.7. The third kappa shape index (κ3) is 4.32. The van der Waals surface area contributed by atoms with Gasteiger partial charge in [0.05, 0.1) is 0 Å². The number of aryl methyl sites for hydroxylation is 2. The average molecular weight is 340 g/mol. The lowest BCUT2D eigenvalue weighted by atomic mass is 10.2. The van der Waals surface area contributed by atoms with E-state index < -0.39 is 0 Å². The predicted octanol–water partition coefficient (Wildman–Crippen LogP) is 5.32. The van der Waals surface area contributed by atoms with Crippen LogP contribution in [0.25, 0.3) is 0 Å². The average Bonchev–Trinajstić information content (AvgIpc) is 2.53. The molecular weight excluding hydrogens is 323 g/mol. The summed E-state index contributed by atoms with van der Waals surface area (Å²) in [4.78, 5) is 8.80. The number of hydrogen-bond donors (Lipinski definition) is 0. The maximum Gasteiger partial charge on any atom is 0.223 e. The normalized spacial score (nSPS) is 10.6. The summed E-state index contributed by atoms with van der Waals surface area (Å²) in [5.41, 5.74) is 2.56. The molecular formula is C19H17FN2OS. The van der Waals surface area contributed by atoms with Crippen molar-refractivity contribution in [3.05, 3.63) is 77.2 Å². The molecule has 122 valence electrons. The van der Waals surface area contributed by atoms with Gasteiger partial charge in [0.15, 0.2) is 5.16 Å². The van der Waals surface area contributed by atoms with E-state index in [0.29, 0.717) is 22.4 Å². The number of ether oxygens (including phenoxy) is 1. The topological polar surface area (TPSA) is 35.0 Å². The lowest BCUT2D eigenvalue weighted by Gasteiger charge is -2.08. The molecule has 0 aliphatic rings. The van der Waals surface area contributed by atoms with E-state index in [1.54, 1.807) is 18.2 Å². The Morgan fingerprint density at radius 3 is 2.62 bits per heavy atom. The molecule has 3 rings (SSSR count). The van der Waals surface area contributed by atoms with Gasteiger partial charge in [0, 0.05) is 17.5 Å². The molecule has 0 spiro atoms. The molecule has 0 aliphatic carbocycles. The number of halogens is 1. The van der Waals surface area contributed by atoms with Crippen LogP contribution in [0.4, 0.5) is 4.39 Å². The third-order valence-electron chi connectivity index (χ3n) is 3.34. The largest absolute Gasteiger partial charge is 0.439 e. The van der Waals surface area contributed by atoms with E-state index >= 15 is 0 Å². The number of benzene rings is 2. The highest BCUT2D eigenvalue weighted by molar-refractivity contribution is 7.98. The zero-order valence-corrected chi connectivity index (χ0v) is 14.3. The summed E-state index contributed by atoms with van der Waals surface area (Å²) in [7, 11) is 0. The zero-order chi connectivity index (χ0) is 16.9. The molecule has 0 bridgehead atoms. The highest BCUT2D eigenvalue weighted by Gasteiger charge is 2.08. The lowest BCUT2D eigenvalue weighted by molar-refractivity contribution is 0.454. The van der Waals surface area contributed by atoms with Gasteiger partial charge >= 0.3 is 0 Å². The molecule has 2 aromatic carbocycles. The minimum atomic E-state index is -0.214. The van der Waals surface area contributed by atoms with Crippen molar-refractivity contribution in [2.24, 2.45) is 0 Å². The SMILES string of the molecule is Cc1cccc(Oc2cc(C)nc(SCc3ccccc3F)n2)c1. The van der Waals surface area contributed by atoms with Crippen molar-refractivity contribution >= 4 is 11.8 Å². The molecule has 0 radical (unpaired) electrons. The van der Waals surface area contributed by atoms with Crippen LogP contribution in [0.2, 0.25) is 0 Å². The van der Waals surface area contributed by atoms with Crippen LogP contribution in [0.1, 0.15) is 16.8 Å². The Hall–Kier alpha value is -2.40. The van der Waals surface area contributed by atoms with Gasteiger partial charge in [-0.05, 0) is 43.2 Å². The molecule has 5 heteroatoms. The number of rotatable bonds is 5. The Balaban J connectivity index is 1.75. The van der Waals surface area contributed by atoms with Gasteiger partial charge in [-0.3, -0.25) is 0 Å². The molecule has 0 atom stereocenters. The van der Waals surface area contributed by atoms with Crippen LogP contribution < -0.4 is 4.74 Å². The van der Waals surface area contributed by atoms with Crippen molar-refractivity contribution in [1.82, 2.24) is 9.97 Å². The van der Waals surface area contributed by atoms with E-state index in [1.807, 2.05) is 44.2 Å². The minimum Gasteiger partial charge on any atom is -0.439 e. The quantitative estimate of drug-likeness (QED) is 0.465. The molecule has 0 amide bonds. The second kappa shape index (κ2) is 7.45. The fourth-order valence-electron chi connectivity index (χ4n) is 2.19. The van der Waals surface area contributed by atoms with Gasteiger partial charge in [-0.25, -0.2) is 9.37 Å². The monoisotopic (exact) mass is 340 g/mol. The molecule has 24 heavy (non-hydrogen) atoms. The maximum absolute atomic E-state index is 13.7. The number of nitrogens with zero attached hydrogens (tertiary/aromatic N) is 2. The molecule has 0 unspecified atom stereocenters. The van der Waals surface area contributed by atoms with Crippen molar-refractivity contribution in [3.8, 4) is 11.6 Å². The van der Waals surface area contributed by atoms with E-state index in [1.165, 1.54) is 17.8 Å². The van der Waals surface area contributed by atoms with Gasteiger partial charge < -0.3 is 4.74 Å². The van der Waals surface area contributed by atoms with Crippen molar-refractivity contribution in [2.45, 2.75) is 24.8 Å². The second-order valence-electron chi connectivity index (χ2n) is 5.43. The van der Waals surface area contributed by atoms with Gasteiger partial charge in [0.1, 0.15) is 11.6 Å². The van der Waals surface area contributed by atoms with Gasteiger partial charge in [-0.15, -0.1) is 0 Å². The van der Waals surface area contributed by atoms with Crippen molar-refractivity contribution < 1.29 is 9.13 Å². The molecule has 3 nitrogen and oxygen atoms in total. The summed E-state index contributed by atoms with van der Waals surface area (Å²) in [6.45, 7) is 3.89. The van der Waals surface area contributed by atoms with Gasteiger partial charge in [-0.1, -0.05) is 42.1 Å². The Kier molecular flexibility index (Phi) is 5.11. The van der Waals surface area contributed by atoms with Crippen LogP contribution in [0.15, 0.2) is 59.8 Å². The van der Waals surface area contributed by atoms with E-state index in [2.05, 4.69) is 9.97 Å². The van der Waals surface area contributed by atoms with E-state index in [0.717, 1.165) is 17.0 Å². The summed E-state index contributed by atoms with van der Waals surface area (Å²) in [5.74, 6) is 1.48. The summed E-state index contributed by atoms with van der Waals surface area (Å²) in [5, 5.41) is 0.570. The fourth-order valence-corrected chi connectivity index (χ4v) is 3.07. The number of hydrogen-bond acceptors (Lipinski definition) is 4. The Morgan fingerprint density at radius 2 is 1.83 bits per heavy atom. The van der Waals surface area contributed by atoms with Crippen LogP contribution >= 0.6 is 11.8 Å². The molecule has 1 heterocycles. The van der Waals surface area contributed by atoms with Crippen LogP contribution in [0.5, 0.6) is 11.6 Å². The highest BCUT2D eigenvalue weighted by Crippen LogP contribution is 2.26. The smallest absolute Gasteiger partial charge is 0.223 e. The molecule has 0 saturated carbocycles. The van der Waals surface area contributed by atoms with Crippen molar-refractivity contribution in [2.75, 3.05) is 0 Å². The van der Waals surface area contributed by atoms with Gasteiger partial charge in [0.2, 0.25) is 5.88 Å². The van der Waals surface area contributed by atoms with Crippen LogP contribution in [0, 0.1) is 19.7 Å². The molecule has 0 saturated heterocycles. The Labute approximate surface area is 144 Å². The summed E-state index contributed by atoms with van der Waals surface area (Å²) in [6, 6.07) is 16.3. The van der Waals surface area contributed by atoms with Crippen LogP contribution in [0.3, 0.4) is 0 Å². The zero-order valence-electron chi connectivity index (χ0n) is 13.5. The first-order valence-corrected chi connectivity index (χ1v) is 8.55. The summed E-state index contributed by atoms with van der Waals surface area (Å²) < 4.78 is 19.5. The highest BCUT2D eigenvalue weighted by atomic mass is 32.2. The van der Waals surface area contributed by atoms with Crippen LogP contribution in [-0.4, -0.2) is 9.97 Å². The first-order valence-electron chi connectivity index (χ1n) is 7.56. The first-order chi connectivity index (χ1) is 11.6. The molecule has 0 N–H and O–H groups in total. The standard InChI is InChI=1S/C19H17FN2OS/c1-13-6-5-8-16(10-13)23-18-11-14(2)21-19(22-18)24-12-15-7-3-4-9-17(15)20/h3-11H,12H2,1-2H3. The second-order valence-corrected chi connectivity index (χ2v) is 6.37. The minimum absolute atomic E-state index is 0.214. The number of aromatic nitrogens is 2. The Bertz CT molecular complexity index is 854. The van der Waals surface area contributed by atoms with Crippen LogP contribution in [-0.2, 0) is 5.75 Å². The molecule has 0 aliphatic heterocycles. The Morgan fingerprint density at radius 1 is 1.00 bits per heavy atom. The first kappa shape index (κ1) is 16.5. The molecule has 3 aromatic rings. The lowest BCUT2D eigenvalue weighted by Crippen LogP contribution is -1.96. The van der Waals surface area contributed by atoms with E-state index in [4.69, 9.17) is 4.74 Å². The number of thioether (sulfide) groups is 1.